The van der Waals surface area contributed by atoms with Gasteiger partial charge in [0.05, 0.1) is 44.1 Å². The van der Waals surface area contributed by atoms with E-state index in [0.717, 1.165) is 11.4 Å². The Labute approximate surface area is 438 Å². The van der Waals surface area contributed by atoms with Crippen molar-refractivity contribution in [2.75, 3.05) is 0 Å². The standard InChI is InChI=1S/C72H46N4/c1-3-15-53(16-4-1)73-65-23-11-7-19-57(65)61-43-49(31-39-69(61)73)51-33-41-71-63(45-51)59-21-9-13-25-67(59)75(71)55-35-27-47(28-36-55)48-29-37-56(38-30-48)76-68-26-14-10-22-60(68)64-46-52(34-42-72(64)76)50-32-40-70-62(44-50)58-20-8-12-24-66(58)74(70)54-17-5-2-6-18-54/h1-46H. The van der Waals surface area contributed by atoms with E-state index in [4.69, 9.17) is 0 Å². The molecule has 0 radical (unpaired) electrons. The number of fused-ring (bicyclic) bond motifs is 12. The number of para-hydroxylation sites is 6. The van der Waals surface area contributed by atoms with Crippen molar-refractivity contribution >= 4 is 87.2 Å². The average Bonchev–Trinajstić information content (AvgIpc) is 4.34. The largest absolute Gasteiger partial charge is 0.309 e. The molecule has 4 nitrogen and oxygen atoms in total. The molecule has 4 heteroatoms. The molecule has 0 amide bonds. The van der Waals surface area contributed by atoms with Crippen molar-refractivity contribution in [1.29, 1.82) is 0 Å². The Kier molecular flexibility index (Phi) is 9.30. The molecule has 16 aromatic rings. The zero-order valence-corrected chi connectivity index (χ0v) is 41.3. The highest BCUT2D eigenvalue weighted by Gasteiger charge is 2.19. The van der Waals surface area contributed by atoms with Crippen molar-refractivity contribution in [2.24, 2.45) is 0 Å². The lowest BCUT2D eigenvalue weighted by atomic mass is 10.0. The summed E-state index contributed by atoms with van der Waals surface area (Å²) in [5.74, 6) is 0. The van der Waals surface area contributed by atoms with Crippen molar-refractivity contribution in [3.63, 3.8) is 0 Å². The zero-order chi connectivity index (χ0) is 49.8. The topological polar surface area (TPSA) is 19.7 Å². The Balaban J connectivity index is 0.722. The van der Waals surface area contributed by atoms with Gasteiger partial charge < -0.3 is 18.3 Å². The van der Waals surface area contributed by atoms with Crippen LogP contribution in [-0.2, 0) is 0 Å². The van der Waals surface area contributed by atoms with Crippen LogP contribution in [0.4, 0.5) is 0 Å². The second-order valence-corrected chi connectivity index (χ2v) is 20.1. The summed E-state index contributed by atoms with van der Waals surface area (Å²) in [5.41, 5.74) is 21.4. The minimum absolute atomic E-state index is 1.14. The lowest BCUT2D eigenvalue weighted by Gasteiger charge is -2.12. The molecule has 0 spiro atoms. The second kappa shape index (κ2) is 16.7. The van der Waals surface area contributed by atoms with E-state index in [-0.39, 0.29) is 0 Å². The Bertz CT molecular complexity index is 4640. The molecule has 0 unspecified atom stereocenters. The normalized spacial score (nSPS) is 11.9. The maximum Gasteiger partial charge on any atom is 0.0541 e. The van der Waals surface area contributed by atoms with Gasteiger partial charge in [-0.15, -0.1) is 0 Å². The molecule has 0 aliphatic rings. The number of nitrogens with zero attached hydrogens (tertiary/aromatic N) is 4. The van der Waals surface area contributed by atoms with Gasteiger partial charge in [0.15, 0.2) is 0 Å². The molecule has 4 heterocycles. The number of benzene rings is 12. The highest BCUT2D eigenvalue weighted by atomic mass is 15.0. The van der Waals surface area contributed by atoms with Crippen LogP contribution in [0.2, 0.25) is 0 Å². The maximum atomic E-state index is 2.41. The van der Waals surface area contributed by atoms with Gasteiger partial charge in [-0.05, 0) is 155 Å². The first-order valence-electron chi connectivity index (χ1n) is 26.2. The van der Waals surface area contributed by atoms with Crippen LogP contribution in [0.1, 0.15) is 0 Å². The quantitative estimate of drug-likeness (QED) is 0.152. The van der Waals surface area contributed by atoms with Crippen molar-refractivity contribution in [1.82, 2.24) is 18.3 Å². The summed E-state index contributed by atoms with van der Waals surface area (Å²) in [5, 5.41) is 9.99. The SMILES string of the molecule is c1ccc(-n2c3ccccc3c3cc(-c4ccc5c(c4)c4ccccc4n5-c4ccc(-c5ccc(-n6c7ccccc7c7cc(-c8ccc9c(c8)c8ccccc8n9-c8ccccc8)ccc76)cc5)cc4)ccc32)cc1. The van der Waals surface area contributed by atoms with E-state index in [0.29, 0.717) is 0 Å². The molecule has 0 saturated carbocycles. The highest BCUT2D eigenvalue weighted by molar-refractivity contribution is 6.15. The third-order valence-electron chi connectivity index (χ3n) is 16.0. The minimum Gasteiger partial charge on any atom is -0.309 e. The molecule has 4 aromatic heterocycles. The molecule has 0 saturated heterocycles. The molecule has 0 fully saturated rings. The van der Waals surface area contributed by atoms with Crippen LogP contribution in [0.5, 0.6) is 0 Å². The van der Waals surface area contributed by atoms with Crippen LogP contribution in [0.25, 0.3) is 143 Å². The summed E-state index contributed by atoms with van der Waals surface area (Å²) in [6.07, 6.45) is 0. The first-order chi connectivity index (χ1) is 37.7. The molecule has 0 N–H and O–H groups in total. The van der Waals surface area contributed by atoms with Crippen LogP contribution in [0.3, 0.4) is 0 Å². The van der Waals surface area contributed by atoms with Gasteiger partial charge in [-0.3, -0.25) is 0 Å². The second-order valence-electron chi connectivity index (χ2n) is 20.1. The maximum absolute atomic E-state index is 2.41. The molecule has 16 rings (SSSR count). The van der Waals surface area contributed by atoms with E-state index >= 15 is 0 Å². The molecule has 0 aliphatic carbocycles. The summed E-state index contributed by atoms with van der Waals surface area (Å²) in [6.45, 7) is 0. The summed E-state index contributed by atoms with van der Waals surface area (Å²) < 4.78 is 9.58. The summed E-state index contributed by atoms with van der Waals surface area (Å²) >= 11 is 0. The van der Waals surface area contributed by atoms with Gasteiger partial charge in [0, 0.05) is 65.8 Å². The minimum atomic E-state index is 1.14. The Morgan fingerprint density at radius 2 is 0.355 bits per heavy atom. The smallest absolute Gasteiger partial charge is 0.0541 e. The molecule has 0 aliphatic heterocycles. The van der Waals surface area contributed by atoms with E-state index in [9.17, 15) is 0 Å². The van der Waals surface area contributed by atoms with Crippen molar-refractivity contribution in [2.45, 2.75) is 0 Å². The Hall–Kier alpha value is -10.2. The van der Waals surface area contributed by atoms with E-state index < -0.39 is 0 Å². The fourth-order valence-corrected chi connectivity index (χ4v) is 12.5. The van der Waals surface area contributed by atoms with Crippen LogP contribution >= 0.6 is 0 Å². The molecule has 354 valence electrons. The first-order valence-corrected chi connectivity index (χ1v) is 26.2. The number of hydrogen-bond acceptors (Lipinski definition) is 0. The lowest BCUT2D eigenvalue weighted by Crippen LogP contribution is -1.95. The molecule has 0 bridgehead atoms. The van der Waals surface area contributed by atoms with E-state index in [2.05, 4.69) is 297 Å². The van der Waals surface area contributed by atoms with Gasteiger partial charge in [0.1, 0.15) is 0 Å². The van der Waals surface area contributed by atoms with Crippen molar-refractivity contribution in [3.8, 4) is 56.1 Å². The molecular formula is C72H46N4. The number of hydrogen-bond donors (Lipinski definition) is 0. The fraction of sp³-hybridized carbons (Fsp3) is 0. The van der Waals surface area contributed by atoms with E-state index in [1.807, 2.05) is 0 Å². The molecule has 12 aromatic carbocycles. The van der Waals surface area contributed by atoms with Crippen LogP contribution < -0.4 is 0 Å². The van der Waals surface area contributed by atoms with Crippen LogP contribution in [0, 0.1) is 0 Å². The molecule has 76 heavy (non-hydrogen) atoms. The fourth-order valence-electron chi connectivity index (χ4n) is 12.5. The van der Waals surface area contributed by atoms with Crippen molar-refractivity contribution in [3.05, 3.63) is 279 Å². The van der Waals surface area contributed by atoms with Gasteiger partial charge in [0.25, 0.3) is 0 Å². The van der Waals surface area contributed by atoms with E-state index in [1.54, 1.807) is 0 Å². The van der Waals surface area contributed by atoms with E-state index in [1.165, 1.54) is 132 Å². The third-order valence-corrected chi connectivity index (χ3v) is 16.0. The zero-order valence-electron chi connectivity index (χ0n) is 41.3. The molecule has 0 atom stereocenters. The average molecular weight is 967 g/mol. The highest BCUT2D eigenvalue weighted by Crippen LogP contribution is 2.41. The van der Waals surface area contributed by atoms with Gasteiger partial charge in [-0.25, -0.2) is 0 Å². The summed E-state index contributed by atoms with van der Waals surface area (Å²) in [4.78, 5) is 0. The Morgan fingerprint density at radius 1 is 0.145 bits per heavy atom. The third kappa shape index (κ3) is 6.44. The first kappa shape index (κ1) is 42.4. The van der Waals surface area contributed by atoms with Gasteiger partial charge in [-0.1, -0.05) is 158 Å². The van der Waals surface area contributed by atoms with Crippen LogP contribution in [-0.4, -0.2) is 18.3 Å². The van der Waals surface area contributed by atoms with Crippen molar-refractivity contribution < 1.29 is 0 Å². The van der Waals surface area contributed by atoms with Gasteiger partial charge >= 0.3 is 0 Å². The summed E-state index contributed by atoms with van der Waals surface area (Å²) in [7, 11) is 0. The molecular weight excluding hydrogens is 921 g/mol. The van der Waals surface area contributed by atoms with Gasteiger partial charge in [-0.2, -0.15) is 0 Å². The number of rotatable bonds is 7. The number of aromatic nitrogens is 4. The predicted molar refractivity (Wildman–Crippen MR) is 320 cm³/mol. The van der Waals surface area contributed by atoms with Crippen LogP contribution in [0.15, 0.2) is 279 Å². The Morgan fingerprint density at radius 3 is 0.632 bits per heavy atom. The lowest BCUT2D eigenvalue weighted by molar-refractivity contribution is 1.18. The monoisotopic (exact) mass is 966 g/mol. The van der Waals surface area contributed by atoms with Gasteiger partial charge in [0.2, 0.25) is 0 Å². The predicted octanol–water partition coefficient (Wildman–Crippen LogP) is 19.1. The summed E-state index contributed by atoms with van der Waals surface area (Å²) in [6, 6.07) is 102.